The number of aliphatic hydroxyl groups is 4. The fraction of sp³-hybridized carbons (Fsp3) is 0.735. The van der Waals surface area contributed by atoms with E-state index in [1.165, 1.54) is 0 Å². The number of morpholine rings is 1. The van der Waals surface area contributed by atoms with E-state index < -0.39 is 54.4 Å². The van der Waals surface area contributed by atoms with Crippen LogP contribution in [0.5, 0.6) is 0 Å². The van der Waals surface area contributed by atoms with Crippen molar-refractivity contribution in [3.05, 3.63) is 18.0 Å². The molecule has 8 N–H and O–H groups in total. The molecular formula is C34H55N11O9. The van der Waals surface area contributed by atoms with E-state index in [0.29, 0.717) is 95.7 Å². The van der Waals surface area contributed by atoms with Crippen molar-refractivity contribution < 1.29 is 44.3 Å². The number of carbonyl (C=O) groups excluding carboxylic acids is 3. The van der Waals surface area contributed by atoms with Crippen LogP contribution in [0.3, 0.4) is 0 Å². The summed E-state index contributed by atoms with van der Waals surface area (Å²) in [6.45, 7) is 10.4. The Morgan fingerprint density at radius 2 is 1.70 bits per heavy atom. The second kappa shape index (κ2) is 18.3. The van der Waals surface area contributed by atoms with Gasteiger partial charge in [0.1, 0.15) is 34.6 Å². The van der Waals surface area contributed by atoms with Gasteiger partial charge in [-0.25, -0.2) is 4.79 Å². The third-order valence-corrected chi connectivity index (χ3v) is 9.42. The van der Waals surface area contributed by atoms with Crippen molar-refractivity contribution in [2.75, 3.05) is 68.0 Å². The van der Waals surface area contributed by atoms with Crippen LogP contribution in [-0.2, 0) is 32.2 Å². The number of piperidine rings is 1. The van der Waals surface area contributed by atoms with E-state index in [9.17, 15) is 34.8 Å². The van der Waals surface area contributed by atoms with Crippen molar-refractivity contribution in [3.8, 4) is 0 Å². The Kier molecular flexibility index (Phi) is 13.8. The minimum atomic E-state index is -2.03. The van der Waals surface area contributed by atoms with Gasteiger partial charge in [-0.3, -0.25) is 14.3 Å². The van der Waals surface area contributed by atoms with Crippen LogP contribution in [0.1, 0.15) is 65.0 Å². The van der Waals surface area contributed by atoms with Crippen molar-refractivity contribution in [3.63, 3.8) is 0 Å². The molecule has 0 spiro atoms. The number of rotatable bonds is 14. The maximum absolute atomic E-state index is 12.9. The monoisotopic (exact) mass is 761 g/mol. The third-order valence-electron chi connectivity index (χ3n) is 9.42. The number of aliphatic hydroxyl groups excluding tert-OH is 3. The Hall–Kier alpha value is -4.37. The van der Waals surface area contributed by atoms with E-state index >= 15 is 0 Å². The molecule has 2 saturated heterocycles. The molecule has 1 saturated carbocycles. The van der Waals surface area contributed by atoms with Crippen LogP contribution < -0.4 is 26.2 Å². The molecule has 0 bridgehead atoms. The summed E-state index contributed by atoms with van der Waals surface area (Å²) in [6.07, 6.45) is -1.74. The van der Waals surface area contributed by atoms with Crippen molar-refractivity contribution in [2.24, 2.45) is 0 Å². The number of likely N-dealkylation sites (tertiary alicyclic amines) is 1. The van der Waals surface area contributed by atoms with Crippen LogP contribution in [0.25, 0.3) is 0 Å². The predicted octanol–water partition coefficient (Wildman–Crippen LogP) is -1.05. The number of nitrogens with zero attached hydrogens (tertiary/aromatic N) is 7. The first kappa shape index (κ1) is 40.8. The summed E-state index contributed by atoms with van der Waals surface area (Å²) < 4.78 is 12.5. The molecule has 2 aliphatic heterocycles. The van der Waals surface area contributed by atoms with Gasteiger partial charge in [0.05, 0.1) is 38.2 Å². The molecule has 1 aliphatic carbocycles. The minimum Gasteiger partial charge on any atom is -0.444 e. The highest BCUT2D eigenvalue weighted by molar-refractivity contribution is 5.86. The number of aryl methyl sites for hydroxylation is 1. The first-order valence-electron chi connectivity index (χ1n) is 18.6. The van der Waals surface area contributed by atoms with E-state index in [0.717, 1.165) is 5.82 Å². The SMILES string of the molecule is CC(C)(C)OC(=O)NCCCn1cc(CNc2nc(NC3CCN(C(=O)CCNC(=O)C4(O)CC(O)C(O)C(O)C4)CC3)cc(N3CCOCC3)n2)nn1. The molecule has 0 aromatic carbocycles. The molecule has 2 aromatic rings. The summed E-state index contributed by atoms with van der Waals surface area (Å²) in [6, 6.07) is 1.96. The smallest absolute Gasteiger partial charge is 0.407 e. The average molecular weight is 762 g/mol. The number of anilines is 3. The maximum Gasteiger partial charge on any atom is 0.407 e. The van der Waals surface area contributed by atoms with E-state index in [1.54, 1.807) is 9.58 Å². The Bertz CT molecular complexity index is 1550. The van der Waals surface area contributed by atoms with Gasteiger partial charge in [0.15, 0.2) is 0 Å². The van der Waals surface area contributed by atoms with Gasteiger partial charge < -0.3 is 61.0 Å². The molecule has 4 heterocycles. The molecule has 20 heteroatoms. The molecule has 2 aromatic heterocycles. The normalized spacial score (nSPS) is 23.8. The van der Waals surface area contributed by atoms with Gasteiger partial charge in [-0.2, -0.15) is 9.97 Å². The van der Waals surface area contributed by atoms with E-state index in [-0.39, 0.29) is 24.9 Å². The van der Waals surface area contributed by atoms with Gasteiger partial charge in [0.25, 0.3) is 5.91 Å². The molecule has 300 valence electrons. The molecule has 5 rings (SSSR count). The first-order valence-corrected chi connectivity index (χ1v) is 18.6. The number of amides is 3. The fourth-order valence-electron chi connectivity index (χ4n) is 6.53. The predicted molar refractivity (Wildman–Crippen MR) is 194 cm³/mol. The van der Waals surface area contributed by atoms with E-state index in [2.05, 4.69) is 36.5 Å². The standard InChI is InChI=1S/C34H55N11O9/c1-33(2,3)54-32(51)36-8-4-10-45-21-23(41-42-45)20-37-31-39-26(17-27(40-31)43-13-15-53-16-14-43)38-22-6-11-44(12-7-22)28(48)5-9-35-30(50)34(52)18-24(46)29(49)25(47)19-34/h17,21-22,24-25,29,46-47,49,52H,4-16,18-20H2,1-3H3,(H,35,50)(H,36,51)(H2,37,38,39,40). The number of aromatic nitrogens is 5. The quantitative estimate of drug-likeness (QED) is 0.107. The zero-order chi connectivity index (χ0) is 38.9. The van der Waals surface area contributed by atoms with Crippen LogP contribution >= 0.6 is 0 Å². The lowest BCUT2D eigenvalue weighted by molar-refractivity contribution is -0.172. The van der Waals surface area contributed by atoms with Gasteiger partial charge in [0.2, 0.25) is 11.9 Å². The molecule has 3 fully saturated rings. The molecule has 3 aliphatic rings. The summed E-state index contributed by atoms with van der Waals surface area (Å²) in [4.78, 5) is 50.8. The van der Waals surface area contributed by atoms with Crippen molar-refractivity contribution >= 4 is 35.5 Å². The third kappa shape index (κ3) is 11.8. The topological polar surface area (TPSA) is 262 Å². The molecule has 2 atom stereocenters. The summed E-state index contributed by atoms with van der Waals surface area (Å²) in [5.41, 5.74) is -1.89. The molecule has 54 heavy (non-hydrogen) atoms. The summed E-state index contributed by atoms with van der Waals surface area (Å²) >= 11 is 0. The van der Waals surface area contributed by atoms with Gasteiger partial charge in [-0.05, 0) is 40.0 Å². The zero-order valence-corrected chi connectivity index (χ0v) is 31.2. The molecule has 20 nitrogen and oxygen atoms in total. The number of nitrogens with one attached hydrogen (secondary N) is 4. The lowest BCUT2D eigenvalue weighted by Crippen LogP contribution is -2.59. The average Bonchev–Trinajstić information content (AvgIpc) is 3.59. The second-order valence-corrected chi connectivity index (χ2v) is 15.0. The number of ether oxygens (including phenoxy) is 2. The van der Waals surface area contributed by atoms with E-state index in [1.807, 2.05) is 33.0 Å². The van der Waals surface area contributed by atoms with Crippen LogP contribution in [0.2, 0.25) is 0 Å². The maximum atomic E-state index is 12.9. The van der Waals surface area contributed by atoms with Gasteiger partial charge in [-0.15, -0.1) is 5.10 Å². The van der Waals surface area contributed by atoms with Crippen LogP contribution in [0, 0.1) is 0 Å². The zero-order valence-electron chi connectivity index (χ0n) is 31.2. The Labute approximate surface area is 314 Å². The van der Waals surface area contributed by atoms with Crippen molar-refractivity contribution in [1.82, 2.24) is 40.5 Å². The molecule has 0 radical (unpaired) electrons. The number of hydrogen-bond acceptors (Lipinski definition) is 16. The number of carbonyl (C=O) groups is 3. The minimum absolute atomic E-state index is 0.0163. The molecule has 2 unspecified atom stereocenters. The second-order valence-electron chi connectivity index (χ2n) is 15.0. The largest absolute Gasteiger partial charge is 0.444 e. The van der Waals surface area contributed by atoms with Crippen molar-refractivity contribution in [2.45, 2.75) is 108 Å². The summed E-state index contributed by atoms with van der Waals surface area (Å²) in [5.74, 6) is 0.882. The van der Waals surface area contributed by atoms with Crippen LogP contribution in [-0.4, -0.2) is 156 Å². The lowest BCUT2D eigenvalue weighted by Gasteiger charge is -2.39. The Balaban J connectivity index is 1.08. The van der Waals surface area contributed by atoms with Crippen molar-refractivity contribution in [1.29, 1.82) is 0 Å². The van der Waals surface area contributed by atoms with Crippen LogP contribution in [0.4, 0.5) is 22.4 Å². The fourth-order valence-corrected chi connectivity index (χ4v) is 6.53. The summed E-state index contributed by atoms with van der Waals surface area (Å²) in [7, 11) is 0. The summed E-state index contributed by atoms with van der Waals surface area (Å²) in [5, 5.41) is 60.6. The lowest BCUT2D eigenvalue weighted by atomic mass is 9.79. The van der Waals surface area contributed by atoms with Gasteiger partial charge in [-0.1, -0.05) is 5.21 Å². The Morgan fingerprint density at radius 1 is 1.00 bits per heavy atom. The first-order chi connectivity index (χ1) is 25.7. The van der Waals surface area contributed by atoms with Crippen LogP contribution in [0.15, 0.2) is 12.3 Å². The highest BCUT2D eigenvalue weighted by atomic mass is 16.6. The number of hydrogen-bond donors (Lipinski definition) is 8. The highest BCUT2D eigenvalue weighted by Crippen LogP contribution is 2.29. The number of alkyl carbamates (subject to hydrolysis) is 1. The van der Waals surface area contributed by atoms with E-state index in [4.69, 9.17) is 19.4 Å². The molecule has 3 amide bonds. The van der Waals surface area contributed by atoms with Gasteiger partial charge >= 0.3 is 6.09 Å². The highest BCUT2D eigenvalue weighted by Gasteiger charge is 2.48. The molecular weight excluding hydrogens is 706 g/mol. The van der Waals surface area contributed by atoms with Gasteiger partial charge in [0, 0.05) is 77.2 Å². The Morgan fingerprint density at radius 3 is 2.39 bits per heavy atom.